The molecule has 2 nitrogen and oxygen atoms in total. The van der Waals surface area contributed by atoms with Crippen LogP contribution >= 0.6 is 12.6 Å². The number of thiol groups is 1. The van der Waals surface area contributed by atoms with Gasteiger partial charge in [0.15, 0.2) is 0 Å². The van der Waals surface area contributed by atoms with Gasteiger partial charge in [0.1, 0.15) is 4.75 Å². The molecule has 1 atom stereocenters. The van der Waals surface area contributed by atoms with E-state index in [1.54, 1.807) is 0 Å². The van der Waals surface area contributed by atoms with E-state index < -0.39 is 4.75 Å². The fourth-order valence-corrected chi connectivity index (χ4v) is 2.04. The van der Waals surface area contributed by atoms with Gasteiger partial charge >= 0.3 is 5.97 Å². The summed E-state index contributed by atoms with van der Waals surface area (Å²) in [7, 11) is 0. The van der Waals surface area contributed by atoms with Crippen LogP contribution in [0.2, 0.25) is 0 Å². The van der Waals surface area contributed by atoms with Gasteiger partial charge in [0.05, 0.1) is 6.61 Å². The van der Waals surface area contributed by atoms with Crippen LogP contribution in [0.5, 0.6) is 0 Å². The topological polar surface area (TPSA) is 26.3 Å². The second kappa shape index (κ2) is 5.24. The molecule has 0 aromatic heterocycles. The molecule has 0 spiro atoms. The van der Waals surface area contributed by atoms with Gasteiger partial charge < -0.3 is 4.74 Å². The van der Waals surface area contributed by atoms with Crippen molar-refractivity contribution in [2.75, 3.05) is 6.61 Å². The number of esters is 1. The minimum absolute atomic E-state index is 0.0767. The van der Waals surface area contributed by atoms with E-state index in [0.717, 1.165) is 0 Å². The second-order valence-electron chi connectivity index (χ2n) is 6.00. The van der Waals surface area contributed by atoms with Crippen LogP contribution in [0.4, 0.5) is 0 Å². The van der Waals surface area contributed by atoms with Crippen LogP contribution in [-0.2, 0) is 9.53 Å². The lowest BCUT2D eigenvalue weighted by atomic mass is 9.85. The Morgan fingerprint density at radius 2 is 1.73 bits per heavy atom. The van der Waals surface area contributed by atoms with Crippen LogP contribution in [-0.4, -0.2) is 17.3 Å². The third-order valence-electron chi connectivity index (χ3n) is 1.86. The Morgan fingerprint density at radius 3 is 2.07 bits per heavy atom. The third-order valence-corrected chi connectivity index (χ3v) is 2.20. The van der Waals surface area contributed by atoms with Crippen molar-refractivity contribution in [3.63, 3.8) is 0 Å². The zero-order chi connectivity index (χ0) is 12.3. The molecule has 0 aliphatic carbocycles. The number of carbonyl (C=O) groups excluding carboxylic acids is 1. The van der Waals surface area contributed by atoms with Crippen molar-refractivity contribution >= 4 is 18.6 Å². The molecule has 0 N–H and O–H groups in total. The van der Waals surface area contributed by atoms with E-state index in [1.807, 2.05) is 20.8 Å². The summed E-state index contributed by atoms with van der Waals surface area (Å²) >= 11 is 4.40. The maximum absolute atomic E-state index is 11.7. The number of hydrogen-bond acceptors (Lipinski definition) is 3. The largest absolute Gasteiger partial charge is 0.464 e. The summed E-state index contributed by atoms with van der Waals surface area (Å²) in [5.41, 5.74) is 0.0767. The van der Waals surface area contributed by atoms with Gasteiger partial charge in [-0.25, -0.2) is 0 Å². The van der Waals surface area contributed by atoms with E-state index >= 15 is 0 Å². The molecule has 90 valence electrons. The summed E-state index contributed by atoms with van der Waals surface area (Å²) in [6.45, 7) is 12.6. The molecule has 0 aliphatic heterocycles. The van der Waals surface area contributed by atoms with E-state index in [2.05, 4.69) is 33.4 Å². The smallest absolute Gasteiger partial charge is 0.321 e. The third kappa shape index (κ3) is 6.82. The molecular weight excluding hydrogens is 208 g/mol. The molecular formula is C12H24O2S. The van der Waals surface area contributed by atoms with E-state index in [1.165, 1.54) is 0 Å². The minimum Gasteiger partial charge on any atom is -0.464 e. The summed E-state index contributed by atoms with van der Waals surface area (Å²) < 4.78 is 4.51. The molecule has 0 heterocycles. The lowest BCUT2D eigenvalue weighted by Crippen LogP contribution is -2.36. The summed E-state index contributed by atoms with van der Waals surface area (Å²) in [6.07, 6.45) is 0.708. The average molecular weight is 232 g/mol. The van der Waals surface area contributed by atoms with Crippen molar-refractivity contribution in [1.29, 1.82) is 0 Å². The summed E-state index contributed by atoms with van der Waals surface area (Å²) in [5.74, 6) is 0.155. The minimum atomic E-state index is -0.687. The van der Waals surface area contributed by atoms with Gasteiger partial charge in [-0.15, -0.1) is 0 Å². The van der Waals surface area contributed by atoms with Crippen LogP contribution in [0.3, 0.4) is 0 Å². The van der Waals surface area contributed by atoms with Crippen molar-refractivity contribution in [2.24, 2.45) is 11.3 Å². The number of hydrogen-bond donors (Lipinski definition) is 1. The molecule has 0 radical (unpaired) electrons. The fraction of sp³-hybridized carbons (Fsp3) is 0.917. The first-order valence-electron chi connectivity index (χ1n) is 5.44. The average Bonchev–Trinajstić information content (AvgIpc) is 1.94. The van der Waals surface area contributed by atoms with Crippen molar-refractivity contribution in [3.8, 4) is 0 Å². The Hall–Kier alpha value is -0.180. The van der Waals surface area contributed by atoms with E-state index in [4.69, 9.17) is 4.74 Å². The molecule has 0 aromatic carbocycles. The highest BCUT2D eigenvalue weighted by atomic mass is 32.1. The van der Waals surface area contributed by atoms with Gasteiger partial charge in [0.25, 0.3) is 0 Å². The lowest BCUT2D eigenvalue weighted by molar-refractivity contribution is -0.148. The van der Waals surface area contributed by atoms with Gasteiger partial charge in [-0.05, 0) is 24.7 Å². The summed E-state index contributed by atoms with van der Waals surface area (Å²) in [5, 5.41) is 0. The van der Waals surface area contributed by atoms with Crippen LogP contribution in [0.25, 0.3) is 0 Å². The van der Waals surface area contributed by atoms with Gasteiger partial charge in [-0.1, -0.05) is 34.6 Å². The number of rotatable bonds is 4. The number of carbonyl (C=O) groups is 1. The highest BCUT2D eigenvalue weighted by Gasteiger charge is 2.35. The standard InChI is InChI=1S/C12H24O2S/c1-9(2)7-14-10(13)12(6,15)8-11(3,4)5/h9,15H,7-8H2,1-6H3. The van der Waals surface area contributed by atoms with E-state index in [0.29, 0.717) is 18.9 Å². The fourth-order valence-electron chi connectivity index (χ4n) is 1.50. The van der Waals surface area contributed by atoms with Crippen LogP contribution < -0.4 is 0 Å². The molecule has 0 amide bonds. The predicted octanol–water partition coefficient (Wildman–Crippen LogP) is 3.31. The molecule has 15 heavy (non-hydrogen) atoms. The lowest BCUT2D eigenvalue weighted by Gasteiger charge is -2.29. The molecule has 0 saturated carbocycles. The Kier molecular flexibility index (Phi) is 5.18. The van der Waals surface area contributed by atoms with Crippen molar-refractivity contribution in [1.82, 2.24) is 0 Å². The van der Waals surface area contributed by atoms with Crippen LogP contribution in [0, 0.1) is 11.3 Å². The maximum Gasteiger partial charge on any atom is 0.321 e. The first kappa shape index (κ1) is 14.8. The molecule has 0 saturated heterocycles. The van der Waals surface area contributed by atoms with Gasteiger partial charge in [0, 0.05) is 0 Å². The Bertz CT molecular complexity index is 214. The SMILES string of the molecule is CC(C)COC(=O)C(C)(S)CC(C)(C)C. The second-order valence-corrected chi connectivity index (χ2v) is 6.99. The number of ether oxygens (including phenoxy) is 1. The normalized spacial score (nSPS) is 16.3. The molecule has 0 aromatic rings. The van der Waals surface area contributed by atoms with Crippen LogP contribution in [0.15, 0.2) is 0 Å². The quantitative estimate of drug-likeness (QED) is 0.594. The molecule has 3 heteroatoms. The monoisotopic (exact) mass is 232 g/mol. The predicted molar refractivity (Wildman–Crippen MR) is 67.3 cm³/mol. The Morgan fingerprint density at radius 1 is 1.27 bits per heavy atom. The zero-order valence-corrected chi connectivity index (χ0v) is 11.6. The van der Waals surface area contributed by atoms with Gasteiger partial charge in [0.2, 0.25) is 0 Å². The zero-order valence-electron chi connectivity index (χ0n) is 10.8. The maximum atomic E-state index is 11.7. The molecule has 0 aliphatic rings. The first-order chi connectivity index (χ1) is 6.54. The molecule has 0 rings (SSSR count). The first-order valence-corrected chi connectivity index (χ1v) is 5.89. The molecule has 0 fully saturated rings. The van der Waals surface area contributed by atoms with Crippen LogP contribution in [0.1, 0.15) is 48.0 Å². The Balaban J connectivity index is 4.27. The van der Waals surface area contributed by atoms with Crippen molar-refractivity contribution in [3.05, 3.63) is 0 Å². The van der Waals surface area contributed by atoms with Gasteiger partial charge in [-0.3, -0.25) is 4.79 Å². The summed E-state index contributed by atoms with van der Waals surface area (Å²) in [6, 6.07) is 0. The van der Waals surface area contributed by atoms with E-state index in [-0.39, 0.29) is 11.4 Å². The molecule has 1 unspecified atom stereocenters. The Labute approximate surface area is 99.2 Å². The van der Waals surface area contributed by atoms with E-state index in [9.17, 15) is 4.79 Å². The highest BCUT2D eigenvalue weighted by molar-refractivity contribution is 7.82. The van der Waals surface area contributed by atoms with Crippen molar-refractivity contribution in [2.45, 2.75) is 52.7 Å². The highest BCUT2D eigenvalue weighted by Crippen LogP contribution is 2.32. The van der Waals surface area contributed by atoms with Crippen molar-refractivity contribution < 1.29 is 9.53 Å². The summed E-state index contributed by atoms with van der Waals surface area (Å²) in [4.78, 5) is 11.7. The molecule has 0 bridgehead atoms. The van der Waals surface area contributed by atoms with Gasteiger partial charge in [-0.2, -0.15) is 12.6 Å².